The topological polar surface area (TPSA) is 71.1 Å². The van der Waals surface area contributed by atoms with Crippen LogP contribution in [0, 0.1) is 0 Å². The second-order valence-corrected chi connectivity index (χ2v) is 9.57. The van der Waals surface area contributed by atoms with E-state index >= 15 is 0 Å². The predicted octanol–water partition coefficient (Wildman–Crippen LogP) is 6.56. The number of fused-ring (bicyclic) bond motifs is 1. The van der Waals surface area contributed by atoms with E-state index < -0.39 is 16.8 Å². The molecular formula is C26H29ClO6S. The second-order valence-electron chi connectivity index (χ2n) is 7.66. The van der Waals surface area contributed by atoms with Crippen molar-refractivity contribution in [1.29, 1.82) is 0 Å². The van der Waals surface area contributed by atoms with Crippen LogP contribution >= 0.6 is 11.6 Å². The Morgan fingerprint density at radius 1 is 0.853 bits per heavy atom. The number of carbonyl (C=O) groups excluding carboxylic acids is 1. The van der Waals surface area contributed by atoms with Crippen molar-refractivity contribution in [3.05, 3.63) is 47.5 Å². The van der Waals surface area contributed by atoms with Gasteiger partial charge in [0.2, 0.25) is 11.5 Å². The van der Waals surface area contributed by atoms with Crippen LogP contribution in [-0.2, 0) is 15.6 Å². The third-order valence-corrected chi connectivity index (χ3v) is 6.87. The zero-order chi connectivity index (χ0) is 24.7. The van der Waals surface area contributed by atoms with Crippen LogP contribution in [0.1, 0.15) is 39.5 Å². The number of halogens is 1. The summed E-state index contributed by atoms with van der Waals surface area (Å²) >= 11 is 5.98. The van der Waals surface area contributed by atoms with Gasteiger partial charge in [-0.3, -0.25) is 4.79 Å². The van der Waals surface area contributed by atoms with E-state index in [0.717, 1.165) is 25.7 Å². The molecule has 1 unspecified atom stereocenters. The smallest absolute Gasteiger partial charge is 0.308 e. The van der Waals surface area contributed by atoms with Crippen LogP contribution in [0.4, 0.5) is 0 Å². The number of carbonyl (C=O) groups is 1. The molecule has 0 radical (unpaired) electrons. The highest BCUT2D eigenvalue weighted by molar-refractivity contribution is 7.85. The van der Waals surface area contributed by atoms with Gasteiger partial charge < -0.3 is 18.9 Å². The third-order valence-electron chi connectivity index (χ3n) is 5.24. The highest BCUT2D eigenvalue weighted by atomic mass is 35.5. The molecule has 0 saturated heterocycles. The van der Waals surface area contributed by atoms with Crippen LogP contribution < -0.4 is 18.9 Å². The molecular weight excluding hydrogens is 476 g/mol. The quantitative estimate of drug-likeness (QED) is 0.167. The summed E-state index contributed by atoms with van der Waals surface area (Å²) in [6.45, 7) is 3.95. The highest BCUT2D eigenvalue weighted by Crippen LogP contribution is 2.51. The lowest BCUT2D eigenvalue weighted by atomic mass is 10.1. The minimum atomic E-state index is -1.46. The summed E-state index contributed by atoms with van der Waals surface area (Å²) in [4.78, 5) is 13.0. The summed E-state index contributed by atoms with van der Waals surface area (Å²) in [6, 6.07) is 12.1. The molecule has 34 heavy (non-hydrogen) atoms. The summed E-state index contributed by atoms with van der Waals surface area (Å²) in [7, 11) is 1.52. The van der Waals surface area contributed by atoms with Gasteiger partial charge in [0.05, 0.1) is 31.6 Å². The molecule has 182 valence electrons. The molecule has 0 spiro atoms. The fourth-order valence-corrected chi connectivity index (χ4v) is 4.83. The van der Waals surface area contributed by atoms with Crippen LogP contribution in [0.5, 0.6) is 23.0 Å². The van der Waals surface area contributed by atoms with E-state index in [1.807, 2.05) is 0 Å². The molecule has 0 bridgehead atoms. The van der Waals surface area contributed by atoms with Crippen molar-refractivity contribution in [2.75, 3.05) is 20.8 Å². The first-order valence-electron chi connectivity index (χ1n) is 11.1. The van der Waals surface area contributed by atoms with Gasteiger partial charge in [0.25, 0.3) is 0 Å². The van der Waals surface area contributed by atoms with E-state index in [9.17, 15) is 9.00 Å². The van der Waals surface area contributed by atoms with Gasteiger partial charge in [-0.15, -0.1) is 0 Å². The molecule has 3 rings (SSSR count). The van der Waals surface area contributed by atoms with Crippen LogP contribution in [-0.4, -0.2) is 31.0 Å². The number of hydrogen-bond donors (Lipinski definition) is 0. The van der Waals surface area contributed by atoms with Crippen LogP contribution in [0.3, 0.4) is 0 Å². The average molecular weight is 505 g/mol. The average Bonchev–Trinajstić information content (AvgIpc) is 2.83. The molecule has 3 aromatic rings. The molecule has 0 fully saturated rings. The first-order valence-corrected chi connectivity index (χ1v) is 12.6. The maximum Gasteiger partial charge on any atom is 0.308 e. The Kier molecular flexibility index (Phi) is 9.19. The Hall–Kier alpha value is -2.77. The third kappa shape index (κ3) is 5.83. The van der Waals surface area contributed by atoms with E-state index in [2.05, 4.69) is 6.92 Å². The molecule has 0 amide bonds. The summed E-state index contributed by atoms with van der Waals surface area (Å²) in [6.07, 6.45) is 4.17. The fourth-order valence-electron chi connectivity index (χ4n) is 3.63. The highest BCUT2D eigenvalue weighted by Gasteiger charge is 2.25. The summed E-state index contributed by atoms with van der Waals surface area (Å²) in [5.41, 5.74) is 0. The van der Waals surface area contributed by atoms with E-state index in [0.29, 0.717) is 43.7 Å². The standard InChI is InChI=1S/C26H29ClO6S/c1-5-6-7-8-15-32-23-22-16-20(34(29)19-11-9-18(27)10-12-19)13-14-21(22)24(33-17(2)28)26(31-4)25(23)30-3/h9-14,16H,5-8,15H2,1-4H3. The normalized spacial score (nSPS) is 11.8. The monoisotopic (exact) mass is 504 g/mol. The fraction of sp³-hybridized carbons (Fsp3) is 0.346. The van der Waals surface area contributed by atoms with Gasteiger partial charge in [-0.1, -0.05) is 37.8 Å². The number of esters is 1. The molecule has 1 atom stereocenters. The van der Waals surface area contributed by atoms with Gasteiger partial charge in [-0.25, -0.2) is 4.21 Å². The van der Waals surface area contributed by atoms with Crippen molar-refractivity contribution < 1.29 is 28.0 Å². The number of hydrogen-bond acceptors (Lipinski definition) is 6. The zero-order valence-corrected chi connectivity index (χ0v) is 21.4. The molecule has 0 aliphatic carbocycles. The van der Waals surface area contributed by atoms with Crippen molar-refractivity contribution >= 4 is 39.1 Å². The lowest BCUT2D eigenvalue weighted by Gasteiger charge is -2.20. The van der Waals surface area contributed by atoms with Crippen molar-refractivity contribution in [2.24, 2.45) is 0 Å². The number of rotatable bonds is 11. The van der Waals surface area contributed by atoms with Gasteiger partial charge in [-0.2, -0.15) is 0 Å². The Morgan fingerprint density at radius 2 is 1.50 bits per heavy atom. The molecule has 0 saturated carbocycles. The van der Waals surface area contributed by atoms with E-state index in [-0.39, 0.29) is 11.5 Å². The number of unbranched alkanes of at least 4 members (excludes halogenated alkanes) is 3. The first-order chi connectivity index (χ1) is 16.4. The van der Waals surface area contributed by atoms with Crippen LogP contribution in [0.15, 0.2) is 52.3 Å². The van der Waals surface area contributed by atoms with E-state index in [4.69, 9.17) is 30.5 Å². The summed E-state index contributed by atoms with van der Waals surface area (Å²) in [5.74, 6) is 0.765. The number of ether oxygens (including phenoxy) is 4. The Bertz CT molecular complexity index is 1180. The SMILES string of the molecule is CCCCCCOc1c(OC)c(OC)c(OC(C)=O)c2ccc(S(=O)c3ccc(Cl)cc3)cc12. The largest absolute Gasteiger partial charge is 0.490 e. The molecule has 0 N–H and O–H groups in total. The van der Waals surface area contributed by atoms with E-state index in [1.54, 1.807) is 42.5 Å². The molecule has 3 aromatic carbocycles. The predicted molar refractivity (Wildman–Crippen MR) is 134 cm³/mol. The molecule has 6 nitrogen and oxygen atoms in total. The molecule has 0 aliphatic heterocycles. The van der Waals surface area contributed by atoms with Gasteiger partial charge in [-0.05, 0) is 48.9 Å². The van der Waals surface area contributed by atoms with Gasteiger partial charge in [0.1, 0.15) is 0 Å². The zero-order valence-electron chi connectivity index (χ0n) is 19.8. The number of methoxy groups -OCH3 is 2. The minimum absolute atomic E-state index is 0.226. The van der Waals surface area contributed by atoms with Crippen molar-refractivity contribution in [2.45, 2.75) is 49.3 Å². The Labute approximate surface area is 207 Å². The molecule has 0 aromatic heterocycles. The van der Waals surface area contributed by atoms with Crippen molar-refractivity contribution in [1.82, 2.24) is 0 Å². The molecule has 0 heterocycles. The summed E-state index contributed by atoms with van der Waals surface area (Å²) in [5, 5.41) is 1.78. The molecule has 8 heteroatoms. The minimum Gasteiger partial charge on any atom is -0.490 e. The maximum absolute atomic E-state index is 13.3. The Morgan fingerprint density at radius 3 is 2.12 bits per heavy atom. The summed E-state index contributed by atoms with van der Waals surface area (Å²) < 4.78 is 36.2. The first kappa shape index (κ1) is 25.8. The molecule has 0 aliphatic rings. The van der Waals surface area contributed by atoms with Gasteiger partial charge in [0, 0.05) is 32.5 Å². The van der Waals surface area contributed by atoms with Crippen LogP contribution in [0.2, 0.25) is 5.02 Å². The van der Waals surface area contributed by atoms with Crippen molar-refractivity contribution in [3.63, 3.8) is 0 Å². The lowest BCUT2D eigenvalue weighted by molar-refractivity contribution is -0.131. The van der Waals surface area contributed by atoms with Gasteiger partial charge >= 0.3 is 5.97 Å². The number of benzene rings is 3. The Balaban J connectivity index is 2.17. The second kappa shape index (κ2) is 12.1. The van der Waals surface area contributed by atoms with Crippen LogP contribution in [0.25, 0.3) is 10.8 Å². The van der Waals surface area contributed by atoms with Gasteiger partial charge in [0.15, 0.2) is 11.5 Å². The lowest BCUT2D eigenvalue weighted by Crippen LogP contribution is -2.07. The maximum atomic E-state index is 13.3. The van der Waals surface area contributed by atoms with E-state index in [1.165, 1.54) is 21.1 Å². The van der Waals surface area contributed by atoms with Crippen molar-refractivity contribution in [3.8, 4) is 23.0 Å².